The molecule has 1 aromatic heterocycles. The van der Waals surface area contributed by atoms with Crippen molar-refractivity contribution in [3.63, 3.8) is 0 Å². The molecule has 0 unspecified atom stereocenters. The quantitative estimate of drug-likeness (QED) is 0.837. The van der Waals surface area contributed by atoms with E-state index in [-0.39, 0.29) is 5.82 Å². The summed E-state index contributed by atoms with van der Waals surface area (Å²) in [4.78, 5) is 13.2. The predicted octanol–water partition coefficient (Wildman–Crippen LogP) is 3.01. The zero-order chi connectivity index (χ0) is 15.5. The lowest BCUT2D eigenvalue weighted by Crippen LogP contribution is -2.46. The van der Waals surface area contributed by atoms with Gasteiger partial charge in [-0.25, -0.2) is 14.4 Å². The van der Waals surface area contributed by atoms with Crippen LogP contribution >= 0.6 is 15.9 Å². The van der Waals surface area contributed by atoms with Crippen LogP contribution in [0.2, 0.25) is 0 Å². The molecule has 0 saturated carbocycles. The highest BCUT2D eigenvalue weighted by atomic mass is 79.9. The van der Waals surface area contributed by atoms with Crippen molar-refractivity contribution < 1.29 is 4.39 Å². The maximum absolute atomic E-state index is 14.0. The number of hydrogen-bond donors (Lipinski definition) is 0. The van der Waals surface area contributed by atoms with Crippen LogP contribution in [0, 0.1) is 12.7 Å². The molecule has 1 aromatic carbocycles. The van der Waals surface area contributed by atoms with E-state index >= 15 is 0 Å². The van der Waals surface area contributed by atoms with Crippen molar-refractivity contribution in [2.24, 2.45) is 0 Å². The number of aryl methyl sites for hydroxylation is 1. The topological polar surface area (TPSA) is 32.3 Å². The highest BCUT2D eigenvalue weighted by Gasteiger charge is 2.20. The second-order valence-electron chi connectivity index (χ2n) is 5.54. The van der Waals surface area contributed by atoms with Crippen molar-refractivity contribution in [1.29, 1.82) is 0 Å². The maximum atomic E-state index is 14.0. The molecule has 0 aliphatic carbocycles. The van der Waals surface area contributed by atoms with Gasteiger partial charge >= 0.3 is 0 Å². The molecule has 0 N–H and O–H groups in total. The van der Waals surface area contributed by atoms with Crippen LogP contribution < -0.4 is 4.90 Å². The number of aromatic nitrogens is 2. The zero-order valence-electron chi connectivity index (χ0n) is 12.5. The molecule has 1 fully saturated rings. The minimum atomic E-state index is -0.160. The van der Waals surface area contributed by atoms with Crippen molar-refractivity contribution >= 4 is 21.9 Å². The van der Waals surface area contributed by atoms with Gasteiger partial charge in [0.25, 0.3) is 0 Å². The third-order valence-electron chi connectivity index (χ3n) is 3.85. The number of anilines is 1. The van der Waals surface area contributed by atoms with Crippen molar-refractivity contribution in [3.05, 3.63) is 52.0 Å². The summed E-state index contributed by atoms with van der Waals surface area (Å²) in [6.45, 7) is 6.09. The number of piperazine rings is 1. The van der Waals surface area contributed by atoms with E-state index in [1.807, 2.05) is 31.5 Å². The molecule has 0 radical (unpaired) electrons. The molecule has 0 spiro atoms. The molecule has 2 aromatic rings. The number of hydrogen-bond acceptors (Lipinski definition) is 4. The molecule has 0 atom stereocenters. The molecule has 3 rings (SSSR count). The van der Waals surface area contributed by atoms with E-state index in [1.54, 1.807) is 6.07 Å². The Morgan fingerprint density at radius 1 is 1.14 bits per heavy atom. The van der Waals surface area contributed by atoms with Crippen molar-refractivity contribution in [2.75, 3.05) is 31.1 Å². The predicted molar refractivity (Wildman–Crippen MR) is 88.4 cm³/mol. The molecule has 6 heteroatoms. The minimum Gasteiger partial charge on any atom is -0.338 e. The molecule has 1 saturated heterocycles. The van der Waals surface area contributed by atoms with Gasteiger partial charge < -0.3 is 4.90 Å². The van der Waals surface area contributed by atoms with Crippen molar-refractivity contribution in [1.82, 2.24) is 14.9 Å². The van der Waals surface area contributed by atoms with Gasteiger partial charge in [0.15, 0.2) is 0 Å². The fourth-order valence-electron chi connectivity index (χ4n) is 2.57. The first kappa shape index (κ1) is 15.4. The van der Waals surface area contributed by atoms with E-state index in [9.17, 15) is 4.39 Å². The summed E-state index contributed by atoms with van der Waals surface area (Å²) in [5.41, 5.74) is 1.79. The lowest BCUT2D eigenvalue weighted by molar-refractivity contribution is 0.245. The highest BCUT2D eigenvalue weighted by Crippen LogP contribution is 2.20. The Balaban J connectivity index is 1.60. The summed E-state index contributed by atoms with van der Waals surface area (Å²) in [5.74, 6) is 0.616. The normalized spacial score (nSPS) is 16.0. The van der Waals surface area contributed by atoms with Crippen molar-refractivity contribution in [2.45, 2.75) is 13.5 Å². The van der Waals surface area contributed by atoms with E-state index in [4.69, 9.17) is 0 Å². The van der Waals surface area contributed by atoms with Gasteiger partial charge in [0.1, 0.15) is 5.82 Å². The van der Waals surface area contributed by atoms with E-state index in [0.717, 1.165) is 43.3 Å². The fourth-order valence-corrected chi connectivity index (χ4v) is 2.97. The Bertz CT molecular complexity index is 639. The largest absolute Gasteiger partial charge is 0.338 e. The first-order chi connectivity index (χ1) is 10.6. The van der Waals surface area contributed by atoms with Gasteiger partial charge in [0, 0.05) is 50.7 Å². The number of nitrogens with zero attached hydrogens (tertiary/aromatic N) is 4. The van der Waals surface area contributed by atoms with Crippen LogP contribution in [0.15, 0.2) is 35.1 Å². The number of rotatable bonds is 3. The van der Waals surface area contributed by atoms with Crippen LogP contribution in [0.25, 0.3) is 0 Å². The van der Waals surface area contributed by atoms with Crippen LogP contribution in [0.4, 0.5) is 10.3 Å². The Hall–Kier alpha value is -1.53. The monoisotopic (exact) mass is 364 g/mol. The summed E-state index contributed by atoms with van der Waals surface area (Å²) in [6, 6.07) is 5.44. The van der Waals surface area contributed by atoms with Crippen LogP contribution in [0.5, 0.6) is 0 Å². The summed E-state index contributed by atoms with van der Waals surface area (Å²) < 4.78 is 14.6. The van der Waals surface area contributed by atoms with Gasteiger partial charge in [-0.1, -0.05) is 12.1 Å². The first-order valence-corrected chi connectivity index (χ1v) is 8.11. The van der Waals surface area contributed by atoms with Gasteiger partial charge in [-0.3, -0.25) is 4.90 Å². The van der Waals surface area contributed by atoms with Crippen LogP contribution in [0.1, 0.15) is 11.1 Å². The average Bonchev–Trinajstić information content (AvgIpc) is 2.53. The molecule has 0 bridgehead atoms. The van der Waals surface area contributed by atoms with Gasteiger partial charge in [0.2, 0.25) is 5.95 Å². The average molecular weight is 365 g/mol. The summed E-state index contributed by atoms with van der Waals surface area (Å²) in [5, 5.41) is 0. The van der Waals surface area contributed by atoms with Gasteiger partial charge in [0.05, 0.1) is 4.47 Å². The first-order valence-electron chi connectivity index (χ1n) is 7.32. The Morgan fingerprint density at radius 3 is 2.50 bits per heavy atom. The van der Waals surface area contributed by atoms with Gasteiger partial charge in [-0.2, -0.15) is 0 Å². The molecular formula is C16H18BrFN4. The lowest BCUT2D eigenvalue weighted by atomic mass is 10.2. The molecule has 22 heavy (non-hydrogen) atoms. The molecule has 2 heterocycles. The highest BCUT2D eigenvalue weighted by molar-refractivity contribution is 9.10. The summed E-state index contributed by atoms with van der Waals surface area (Å²) >= 11 is 3.24. The fraction of sp³-hybridized carbons (Fsp3) is 0.375. The van der Waals surface area contributed by atoms with Gasteiger partial charge in [-0.05, 0) is 34.5 Å². The van der Waals surface area contributed by atoms with Crippen LogP contribution in [-0.2, 0) is 6.54 Å². The van der Waals surface area contributed by atoms with Crippen molar-refractivity contribution in [3.8, 4) is 0 Å². The Kier molecular flexibility index (Phi) is 4.69. The van der Waals surface area contributed by atoms with E-state index in [1.165, 1.54) is 0 Å². The second-order valence-corrected chi connectivity index (χ2v) is 6.39. The standard InChI is InChI=1S/C16H18BrFN4/c1-12-9-19-16(20-10-12)22-7-5-21(6-8-22)11-13-3-2-4-14(17)15(13)18/h2-4,9-10H,5-8,11H2,1H3. The Labute approximate surface area is 138 Å². The molecule has 4 nitrogen and oxygen atoms in total. The zero-order valence-corrected chi connectivity index (χ0v) is 14.1. The SMILES string of the molecule is Cc1cnc(N2CCN(Cc3cccc(Br)c3F)CC2)nc1. The third-order valence-corrected chi connectivity index (χ3v) is 4.46. The molecule has 116 valence electrons. The number of benzene rings is 1. The van der Waals surface area contributed by atoms with E-state index in [2.05, 4.69) is 35.7 Å². The summed E-state index contributed by atoms with van der Waals surface area (Å²) in [7, 11) is 0. The van der Waals surface area contributed by atoms with Gasteiger partial charge in [-0.15, -0.1) is 0 Å². The molecular weight excluding hydrogens is 347 g/mol. The molecule has 0 amide bonds. The molecule has 1 aliphatic heterocycles. The maximum Gasteiger partial charge on any atom is 0.225 e. The van der Waals surface area contributed by atoms with Crippen LogP contribution in [-0.4, -0.2) is 41.0 Å². The Morgan fingerprint density at radius 2 is 1.82 bits per heavy atom. The van der Waals surface area contributed by atoms with E-state index in [0.29, 0.717) is 11.0 Å². The minimum absolute atomic E-state index is 0.160. The van der Waals surface area contributed by atoms with E-state index < -0.39 is 0 Å². The smallest absolute Gasteiger partial charge is 0.225 e. The molecule has 1 aliphatic rings. The summed E-state index contributed by atoms with van der Waals surface area (Å²) in [6.07, 6.45) is 3.68. The van der Waals surface area contributed by atoms with Crippen LogP contribution in [0.3, 0.4) is 0 Å². The lowest BCUT2D eigenvalue weighted by Gasteiger charge is -2.34. The number of halogens is 2. The third kappa shape index (κ3) is 3.44. The second kappa shape index (κ2) is 6.71.